The molecule has 3 heterocycles. The van der Waals surface area contributed by atoms with Gasteiger partial charge in [-0.3, -0.25) is 4.79 Å². The molecule has 0 unspecified atom stereocenters. The van der Waals surface area contributed by atoms with Gasteiger partial charge in [0.1, 0.15) is 23.8 Å². The Hall–Kier alpha value is -3.80. The summed E-state index contributed by atoms with van der Waals surface area (Å²) in [5, 5.41) is 3.12. The topological polar surface area (TPSA) is 64.9 Å². The Morgan fingerprint density at radius 3 is 2.97 bits per heavy atom. The highest BCUT2D eigenvalue weighted by Crippen LogP contribution is 2.31. The van der Waals surface area contributed by atoms with Crippen molar-refractivity contribution in [3.63, 3.8) is 0 Å². The van der Waals surface area contributed by atoms with Gasteiger partial charge in [0, 0.05) is 29.9 Å². The number of aromatic nitrogens is 2. The lowest BCUT2D eigenvalue weighted by Crippen LogP contribution is -2.32. The van der Waals surface area contributed by atoms with E-state index >= 15 is 0 Å². The lowest BCUT2D eigenvalue weighted by Gasteiger charge is -2.26. The Morgan fingerprint density at radius 1 is 1.13 bits per heavy atom. The van der Waals surface area contributed by atoms with Gasteiger partial charge in [0.15, 0.2) is 0 Å². The van der Waals surface area contributed by atoms with Crippen LogP contribution < -0.4 is 14.8 Å². The Bertz CT molecular complexity index is 1170. The summed E-state index contributed by atoms with van der Waals surface area (Å²) < 4.78 is 13.5. The standard InChI is InChI=1S/C24H21N3O3/c28-24(26-21-11-13-29-22-9-2-1-8-20(21)22)17-6-5-7-19(14-17)30-16-18-15-27-12-4-3-10-23(27)25-18/h1-10,12,14-15,21H,11,13,16H2,(H,26,28)/t21-/m1/s1. The molecule has 0 fully saturated rings. The molecule has 150 valence electrons. The first kappa shape index (κ1) is 18.2. The van der Waals surface area contributed by atoms with Crippen LogP contribution in [0.5, 0.6) is 11.5 Å². The van der Waals surface area contributed by atoms with Gasteiger partial charge in [-0.2, -0.15) is 0 Å². The molecule has 1 atom stereocenters. The number of hydrogen-bond donors (Lipinski definition) is 1. The molecular weight excluding hydrogens is 378 g/mol. The second-order valence-electron chi connectivity index (χ2n) is 7.22. The highest BCUT2D eigenvalue weighted by Gasteiger charge is 2.23. The van der Waals surface area contributed by atoms with E-state index in [1.165, 1.54) is 0 Å². The van der Waals surface area contributed by atoms with Gasteiger partial charge in [0.25, 0.3) is 5.91 Å². The van der Waals surface area contributed by atoms with Crippen LogP contribution >= 0.6 is 0 Å². The first-order chi connectivity index (χ1) is 14.8. The molecule has 1 aliphatic rings. The van der Waals surface area contributed by atoms with Crippen LogP contribution in [0.2, 0.25) is 0 Å². The molecule has 0 aliphatic carbocycles. The third-order valence-corrected chi connectivity index (χ3v) is 5.16. The molecule has 1 aliphatic heterocycles. The first-order valence-electron chi connectivity index (χ1n) is 9.94. The van der Waals surface area contributed by atoms with Gasteiger partial charge < -0.3 is 19.2 Å². The number of para-hydroxylation sites is 1. The number of amides is 1. The highest BCUT2D eigenvalue weighted by atomic mass is 16.5. The number of imidazole rings is 1. The maximum Gasteiger partial charge on any atom is 0.251 e. The van der Waals surface area contributed by atoms with Crippen molar-refractivity contribution in [2.24, 2.45) is 0 Å². The summed E-state index contributed by atoms with van der Waals surface area (Å²) in [7, 11) is 0. The Morgan fingerprint density at radius 2 is 2.03 bits per heavy atom. The van der Waals surface area contributed by atoms with Gasteiger partial charge in [-0.1, -0.05) is 30.3 Å². The fourth-order valence-electron chi connectivity index (χ4n) is 3.67. The Kier molecular flexibility index (Phi) is 4.81. The molecule has 1 amide bonds. The second-order valence-corrected chi connectivity index (χ2v) is 7.22. The number of carbonyl (C=O) groups is 1. The number of carbonyl (C=O) groups excluding carboxylic acids is 1. The maximum absolute atomic E-state index is 12.8. The molecule has 30 heavy (non-hydrogen) atoms. The molecule has 0 bridgehead atoms. The van der Waals surface area contributed by atoms with Gasteiger partial charge in [-0.15, -0.1) is 0 Å². The zero-order chi connectivity index (χ0) is 20.3. The van der Waals surface area contributed by atoms with Gasteiger partial charge in [0.05, 0.1) is 18.3 Å². The SMILES string of the molecule is O=C(N[C@@H]1CCOc2ccccc21)c1cccc(OCc2cn3ccccc3n2)c1. The van der Waals surface area contributed by atoms with Crippen LogP contribution in [-0.4, -0.2) is 21.9 Å². The molecule has 6 nitrogen and oxygen atoms in total. The fourth-order valence-corrected chi connectivity index (χ4v) is 3.67. The van der Waals surface area contributed by atoms with Gasteiger partial charge in [-0.25, -0.2) is 4.98 Å². The molecule has 4 aromatic rings. The number of nitrogens with zero attached hydrogens (tertiary/aromatic N) is 2. The Labute approximate surface area is 174 Å². The van der Waals surface area contributed by atoms with Crippen molar-refractivity contribution in [3.8, 4) is 11.5 Å². The van der Waals surface area contributed by atoms with E-state index in [1.807, 2.05) is 71.4 Å². The average molecular weight is 399 g/mol. The van der Waals surface area contributed by atoms with Crippen LogP contribution in [0.3, 0.4) is 0 Å². The summed E-state index contributed by atoms with van der Waals surface area (Å²) >= 11 is 0. The van der Waals surface area contributed by atoms with Crippen molar-refractivity contribution in [1.82, 2.24) is 14.7 Å². The third kappa shape index (κ3) is 3.72. The number of hydrogen-bond acceptors (Lipinski definition) is 4. The number of pyridine rings is 1. The number of rotatable bonds is 5. The molecule has 2 aromatic carbocycles. The van der Waals surface area contributed by atoms with E-state index in [4.69, 9.17) is 9.47 Å². The summed E-state index contributed by atoms with van der Waals surface area (Å²) in [6.07, 6.45) is 4.63. The van der Waals surface area contributed by atoms with Crippen molar-refractivity contribution in [2.45, 2.75) is 19.1 Å². The van der Waals surface area contributed by atoms with Crippen LogP contribution in [0, 0.1) is 0 Å². The number of nitrogens with one attached hydrogen (secondary N) is 1. The minimum absolute atomic E-state index is 0.0648. The molecule has 2 aromatic heterocycles. The second kappa shape index (κ2) is 7.91. The lowest BCUT2D eigenvalue weighted by molar-refractivity contribution is 0.0924. The smallest absolute Gasteiger partial charge is 0.251 e. The molecule has 0 radical (unpaired) electrons. The normalized spacial score (nSPS) is 15.3. The molecule has 0 saturated carbocycles. The van der Waals surface area contributed by atoms with Crippen molar-refractivity contribution in [3.05, 3.63) is 95.9 Å². The van der Waals surface area contributed by atoms with Crippen LogP contribution in [0.25, 0.3) is 5.65 Å². The average Bonchev–Trinajstić information content (AvgIpc) is 3.21. The van der Waals surface area contributed by atoms with Gasteiger partial charge in [0.2, 0.25) is 0 Å². The molecular formula is C24H21N3O3. The minimum Gasteiger partial charge on any atom is -0.493 e. The molecule has 0 spiro atoms. The summed E-state index contributed by atoms with van der Waals surface area (Å²) in [5.41, 5.74) is 3.28. The van der Waals surface area contributed by atoms with Crippen LogP contribution in [0.15, 0.2) is 79.1 Å². The van der Waals surface area contributed by atoms with E-state index in [-0.39, 0.29) is 11.9 Å². The van der Waals surface area contributed by atoms with E-state index in [9.17, 15) is 4.79 Å². The highest BCUT2D eigenvalue weighted by molar-refractivity contribution is 5.94. The molecule has 0 saturated heterocycles. The van der Waals surface area contributed by atoms with E-state index < -0.39 is 0 Å². The van der Waals surface area contributed by atoms with Crippen LogP contribution in [0.1, 0.15) is 34.1 Å². The largest absolute Gasteiger partial charge is 0.493 e. The van der Waals surface area contributed by atoms with Crippen molar-refractivity contribution < 1.29 is 14.3 Å². The monoisotopic (exact) mass is 399 g/mol. The zero-order valence-corrected chi connectivity index (χ0v) is 16.3. The van der Waals surface area contributed by atoms with Crippen molar-refractivity contribution in [1.29, 1.82) is 0 Å². The molecule has 5 rings (SSSR count). The lowest BCUT2D eigenvalue weighted by atomic mass is 10.00. The summed E-state index contributed by atoms with van der Waals surface area (Å²) in [5.74, 6) is 1.33. The first-order valence-corrected chi connectivity index (χ1v) is 9.94. The van der Waals surface area contributed by atoms with Gasteiger partial charge >= 0.3 is 0 Å². The molecule has 1 N–H and O–H groups in total. The van der Waals surface area contributed by atoms with E-state index in [2.05, 4.69) is 10.3 Å². The quantitative estimate of drug-likeness (QED) is 0.547. The summed E-state index contributed by atoms with van der Waals surface area (Å²) in [6, 6.07) is 20.8. The maximum atomic E-state index is 12.8. The number of benzene rings is 2. The number of fused-ring (bicyclic) bond motifs is 2. The van der Waals surface area contributed by atoms with Gasteiger partial charge in [-0.05, 0) is 36.4 Å². The zero-order valence-electron chi connectivity index (χ0n) is 16.3. The summed E-state index contributed by atoms with van der Waals surface area (Å²) in [6.45, 7) is 0.921. The van der Waals surface area contributed by atoms with E-state index in [1.54, 1.807) is 12.1 Å². The molecule has 6 heteroatoms. The minimum atomic E-state index is -0.130. The predicted molar refractivity (Wildman–Crippen MR) is 113 cm³/mol. The van der Waals surface area contributed by atoms with E-state index in [0.29, 0.717) is 24.5 Å². The van der Waals surface area contributed by atoms with Crippen molar-refractivity contribution >= 4 is 11.6 Å². The van der Waals surface area contributed by atoms with Crippen LogP contribution in [-0.2, 0) is 6.61 Å². The van der Waals surface area contributed by atoms with E-state index in [0.717, 1.165) is 29.1 Å². The third-order valence-electron chi connectivity index (χ3n) is 5.16. The Balaban J connectivity index is 1.27. The fraction of sp³-hybridized carbons (Fsp3) is 0.167. The van der Waals surface area contributed by atoms with Crippen molar-refractivity contribution in [2.75, 3.05) is 6.61 Å². The predicted octanol–water partition coefficient (Wildman–Crippen LogP) is 4.17. The summed E-state index contributed by atoms with van der Waals surface area (Å²) in [4.78, 5) is 17.4. The number of ether oxygens (including phenoxy) is 2. The van der Waals surface area contributed by atoms with Crippen LogP contribution in [0.4, 0.5) is 0 Å².